The van der Waals surface area contributed by atoms with Gasteiger partial charge >= 0.3 is 0 Å². The van der Waals surface area contributed by atoms with E-state index in [1.54, 1.807) is 14.2 Å². The van der Waals surface area contributed by atoms with Crippen molar-refractivity contribution in [1.82, 2.24) is 10.6 Å². The molecule has 0 fully saturated rings. The molecule has 1 aromatic carbocycles. The maximum absolute atomic E-state index is 5.36. The SMILES string of the molecule is CN=C(NCc1ccc(Br)cc1)NCC(C)(C)OC.I. The van der Waals surface area contributed by atoms with Crippen LogP contribution < -0.4 is 10.6 Å². The summed E-state index contributed by atoms with van der Waals surface area (Å²) in [4.78, 5) is 4.19. The lowest BCUT2D eigenvalue weighted by Crippen LogP contribution is -2.45. The summed E-state index contributed by atoms with van der Waals surface area (Å²) in [6.07, 6.45) is 0. The second kappa shape index (κ2) is 9.57. The molecule has 0 bridgehead atoms. The Kier molecular flexibility index (Phi) is 9.41. The van der Waals surface area contributed by atoms with Crippen molar-refractivity contribution in [1.29, 1.82) is 0 Å². The zero-order valence-electron chi connectivity index (χ0n) is 12.4. The van der Waals surface area contributed by atoms with Crippen LogP contribution in [0.3, 0.4) is 0 Å². The number of rotatable bonds is 5. The summed E-state index contributed by atoms with van der Waals surface area (Å²) in [5.74, 6) is 0.771. The fourth-order valence-electron chi connectivity index (χ4n) is 1.38. The molecule has 20 heavy (non-hydrogen) atoms. The number of ether oxygens (including phenoxy) is 1. The second-order valence-corrected chi connectivity index (χ2v) is 5.79. The van der Waals surface area contributed by atoms with E-state index in [9.17, 15) is 0 Å². The topological polar surface area (TPSA) is 45.7 Å². The molecular formula is C14H23BrIN3O. The molecule has 0 unspecified atom stereocenters. The molecule has 0 amide bonds. The van der Waals surface area contributed by atoms with Gasteiger partial charge in [-0.1, -0.05) is 28.1 Å². The number of nitrogens with one attached hydrogen (secondary N) is 2. The zero-order chi connectivity index (χ0) is 14.3. The minimum absolute atomic E-state index is 0. The maximum Gasteiger partial charge on any atom is 0.191 e. The number of aliphatic imine (C=N–C) groups is 1. The van der Waals surface area contributed by atoms with Crippen LogP contribution in [-0.4, -0.2) is 32.3 Å². The van der Waals surface area contributed by atoms with Gasteiger partial charge in [-0.2, -0.15) is 0 Å². The van der Waals surface area contributed by atoms with E-state index >= 15 is 0 Å². The first-order valence-corrected chi connectivity index (χ1v) is 7.00. The number of nitrogens with zero attached hydrogens (tertiary/aromatic N) is 1. The Morgan fingerprint density at radius 3 is 2.35 bits per heavy atom. The van der Waals surface area contributed by atoms with Crippen LogP contribution in [0, 0.1) is 0 Å². The minimum Gasteiger partial charge on any atom is -0.377 e. The van der Waals surface area contributed by atoms with Crippen molar-refractivity contribution < 1.29 is 4.74 Å². The lowest BCUT2D eigenvalue weighted by molar-refractivity contribution is 0.0268. The van der Waals surface area contributed by atoms with E-state index in [2.05, 4.69) is 43.7 Å². The van der Waals surface area contributed by atoms with E-state index in [1.807, 2.05) is 26.0 Å². The molecule has 4 nitrogen and oxygen atoms in total. The average molecular weight is 456 g/mol. The molecule has 1 rings (SSSR count). The van der Waals surface area contributed by atoms with Gasteiger partial charge in [0.2, 0.25) is 0 Å². The van der Waals surface area contributed by atoms with Crippen molar-refractivity contribution in [3.8, 4) is 0 Å². The molecule has 114 valence electrons. The molecule has 0 saturated heterocycles. The molecule has 0 heterocycles. The zero-order valence-corrected chi connectivity index (χ0v) is 16.3. The van der Waals surface area contributed by atoms with Crippen LogP contribution >= 0.6 is 39.9 Å². The van der Waals surface area contributed by atoms with E-state index < -0.39 is 0 Å². The van der Waals surface area contributed by atoms with Gasteiger partial charge in [0.05, 0.1) is 5.60 Å². The van der Waals surface area contributed by atoms with Crippen molar-refractivity contribution >= 4 is 45.9 Å². The van der Waals surface area contributed by atoms with Crippen LogP contribution in [-0.2, 0) is 11.3 Å². The Bertz CT molecular complexity index is 421. The molecule has 0 spiro atoms. The van der Waals surface area contributed by atoms with Gasteiger partial charge in [-0.3, -0.25) is 4.99 Å². The Hall–Kier alpha value is -0.340. The van der Waals surface area contributed by atoms with Gasteiger partial charge in [0, 0.05) is 31.7 Å². The highest BCUT2D eigenvalue weighted by atomic mass is 127. The maximum atomic E-state index is 5.36. The molecule has 0 aliphatic heterocycles. The predicted molar refractivity (Wildman–Crippen MR) is 98.8 cm³/mol. The van der Waals surface area contributed by atoms with Crippen molar-refractivity contribution in [2.75, 3.05) is 20.7 Å². The average Bonchev–Trinajstić information content (AvgIpc) is 2.41. The summed E-state index contributed by atoms with van der Waals surface area (Å²) >= 11 is 3.42. The third-order valence-electron chi connectivity index (χ3n) is 2.83. The lowest BCUT2D eigenvalue weighted by atomic mass is 10.1. The Morgan fingerprint density at radius 1 is 1.25 bits per heavy atom. The number of benzene rings is 1. The van der Waals surface area contributed by atoms with E-state index in [0.29, 0.717) is 6.54 Å². The molecule has 6 heteroatoms. The van der Waals surface area contributed by atoms with Crippen LogP contribution in [0.1, 0.15) is 19.4 Å². The highest BCUT2D eigenvalue weighted by Gasteiger charge is 2.16. The van der Waals surface area contributed by atoms with Crippen molar-refractivity contribution in [3.05, 3.63) is 34.3 Å². The van der Waals surface area contributed by atoms with Crippen LogP contribution in [0.4, 0.5) is 0 Å². The number of halogens is 2. The predicted octanol–water partition coefficient (Wildman–Crippen LogP) is 3.16. The summed E-state index contributed by atoms with van der Waals surface area (Å²) in [6.45, 7) is 5.49. The van der Waals surface area contributed by atoms with Crippen LogP contribution in [0.15, 0.2) is 33.7 Å². The van der Waals surface area contributed by atoms with Gasteiger partial charge in [0.25, 0.3) is 0 Å². The molecular weight excluding hydrogens is 433 g/mol. The highest BCUT2D eigenvalue weighted by Crippen LogP contribution is 2.10. The van der Waals surface area contributed by atoms with E-state index in [0.717, 1.165) is 17.0 Å². The third-order valence-corrected chi connectivity index (χ3v) is 3.36. The van der Waals surface area contributed by atoms with Gasteiger partial charge in [0.1, 0.15) is 0 Å². The fourth-order valence-corrected chi connectivity index (χ4v) is 1.64. The van der Waals surface area contributed by atoms with Gasteiger partial charge in [-0.05, 0) is 31.5 Å². The van der Waals surface area contributed by atoms with Crippen LogP contribution in [0.5, 0.6) is 0 Å². The Labute approximate surface area is 146 Å². The molecule has 0 saturated carbocycles. The third kappa shape index (κ3) is 7.44. The normalized spacial score (nSPS) is 11.8. The largest absolute Gasteiger partial charge is 0.377 e. The van der Waals surface area contributed by atoms with Crippen molar-refractivity contribution in [2.24, 2.45) is 4.99 Å². The van der Waals surface area contributed by atoms with Gasteiger partial charge in [-0.15, -0.1) is 24.0 Å². The first-order chi connectivity index (χ1) is 8.96. The van der Waals surface area contributed by atoms with Crippen molar-refractivity contribution in [2.45, 2.75) is 26.0 Å². The number of hydrogen-bond donors (Lipinski definition) is 2. The number of guanidine groups is 1. The number of methoxy groups -OCH3 is 1. The van der Waals surface area contributed by atoms with Crippen molar-refractivity contribution in [3.63, 3.8) is 0 Å². The first kappa shape index (κ1) is 19.7. The molecule has 0 aliphatic rings. The quantitative estimate of drug-likeness (QED) is 0.407. The monoisotopic (exact) mass is 455 g/mol. The van der Waals surface area contributed by atoms with Crippen LogP contribution in [0.25, 0.3) is 0 Å². The van der Waals surface area contributed by atoms with Gasteiger partial charge < -0.3 is 15.4 Å². The second-order valence-electron chi connectivity index (χ2n) is 4.87. The molecule has 0 aliphatic carbocycles. The molecule has 0 aromatic heterocycles. The highest BCUT2D eigenvalue weighted by molar-refractivity contribution is 14.0. The Balaban J connectivity index is 0.00000361. The summed E-state index contributed by atoms with van der Waals surface area (Å²) in [5.41, 5.74) is 0.993. The molecule has 0 atom stereocenters. The summed E-state index contributed by atoms with van der Waals surface area (Å²) in [7, 11) is 3.47. The van der Waals surface area contributed by atoms with Gasteiger partial charge in [-0.25, -0.2) is 0 Å². The molecule has 0 radical (unpaired) electrons. The fraction of sp³-hybridized carbons (Fsp3) is 0.500. The van der Waals surface area contributed by atoms with E-state index in [-0.39, 0.29) is 29.6 Å². The van der Waals surface area contributed by atoms with E-state index in [1.165, 1.54) is 5.56 Å². The van der Waals surface area contributed by atoms with Crippen LogP contribution in [0.2, 0.25) is 0 Å². The number of hydrogen-bond acceptors (Lipinski definition) is 2. The van der Waals surface area contributed by atoms with Gasteiger partial charge in [0.15, 0.2) is 5.96 Å². The molecule has 2 N–H and O–H groups in total. The summed E-state index contributed by atoms with van der Waals surface area (Å²) in [5, 5.41) is 6.52. The summed E-state index contributed by atoms with van der Waals surface area (Å²) in [6, 6.07) is 8.20. The Morgan fingerprint density at radius 2 is 1.85 bits per heavy atom. The lowest BCUT2D eigenvalue weighted by Gasteiger charge is -2.24. The summed E-state index contributed by atoms with van der Waals surface area (Å²) < 4.78 is 6.44. The first-order valence-electron chi connectivity index (χ1n) is 6.21. The molecule has 1 aromatic rings. The minimum atomic E-state index is -0.213. The smallest absolute Gasteiger partial charge is 0.191 e. The standard InChI is InChI=1S/C14H22BrN3O.HI/c1-14(2,19-4)10-18-13(16-3)17-9-11-5-7-12(15)8-6-11;/h5-8H,9-10H2,1-4H3,(H2,16,17,18);1H. The van der Waals surface area contributed by atoms with E-state index in [4.69, 9.17) is 4.74 Å².